The molecule has 2 aliphatic heterocycles. The van der Waals surface area contributed by atoms with Crippen molar-refractivity contribution in [1.82, 2.24) is 9.80 Å². The minimum atomic E-state index is -3.85. The third-order valence-electron chi connectivity index (χ3n) is 7.09. The number of carbonyl (C=O) groups is 1. The SMILES string of the molecule is O=C(c1cccc(NS(=O)(=O)c2ccc3c(c2)OCCO3)c1)N1CCN(CC2CCCCC2)CC1. The molecule has 0 atom stereocenters. The van der Waals surface area contributed by atoms with Gasteiger partial charge in [0, 0.05) is 50.0 Å². The summed E-state index contributed by atoms with van der Waals surface area (Å²) in [5, 5.41) is 0. The van der Waals surface area contributed by atoms with Crippen LogP contribution >= 0.6 is 0 Å². The molecule has 1 N–H and O–H groups in total. The van der Waals surface area contributed by atoms with Crippen molar-refractivity contribution in [3.63, 3.8) is 0 Å². The quantitative estimate of drug-likeness (QED) is 0.654. The molecule has 0 spiro atoms. The Morgan fingerprint density at radius 1 is 0.914 bits per heavy atom. The maximum Gasteiger partial charge on any atom is 0.262 e. The van der Waals surface area contributed by atoms with E-state index in [1.807, 2.05) is 4.90 Å². The number of rotatable bonds is 6. The Labute approximate surface area is 207 Å². The van der Waals surface area contributed by atoms with Crippen LogP contribution in [0, 0.1) is 5.92 Å². The molecule has 0 radical (unpaired) electrons. The van der Waals surface area contributed by atoms with Crippen molar-refractivity contribution in [1.29, 1.82) is 0 Å². The van der Waals surface area contributed by atoms with E-state index in [-0.39, 0.29) is 10.8 Å². The van der Waals surface area contributed by atoms with Crippen molar-refractivity contribution in [3.8, 4) is 11.5 Å². The number of fused-ring (bicyclic) bond motifs is 1. The van der Waals surface area contributed by atoms with Gasteiger partial charge in [-0.05, 0) is 49.1 Å². The molecule has 1 amide bonds. The third kappa shape index (κ3) is 5.73. The minimum absolute atomic E-state index is 0.0670. The maximum atomic E-state index is 13.1. The Bertz CT molecular complexity index is 1160. The van der Waals surface area contributed by atoms with Crippen molar-refractivity contribution >= 4 is 21.6 Å². The van der Waals surface area contributed by atoms with Crippen LogP contribution in [0.15, 0.2) is 47.4 Å². The first-order valence-corrected chi connectivity index (χ1v) is 14.0. The van der Waals surface area contributed by atoms with E-state index in [0.29, 0.717) is 49.1 Å². The fourth-order valence-electron chi connectivity index (χ4n) is 5.17. The van der Waals surface area contributed by atoms with Crippen molar-refractivity contribution in [2.75, 3.05) is 50.7 Å². The first kappa shape index (κ1) is 23.9. The molecule has 8 nitrogen and oxygen atoms in total. The summed E-state index contributed by atoms with van der Waals surface area (Å²) in [7, 11) is -3.85. The summed E-state index contributed by atoms with van der Waals surface area (Å²) in [6.45, 7) is 5.12. The number of piperazine rings is 1. The molecular formula is C26H33N3O5S. The molecule has 0 unspecified atom stereocenters. The summed E-state index contributed by atoms with van der Waals surface area (Å²) in [6.07, 6.45) is 6.71. The Balaban J connectivity index is 1.20. The van der Waals surface area contributed by atoms with E-state index < -0.39 is 10.0 Å². The van der Waals surface area contributed by atoms with Crippen LogP contribution in [0.4, 0.5) is 5.69 Å². The average Bonchev–Trinajstić information content (AvgIpc) is 2.89. The normalized spacial score (nSPS) is 19.4. The van der Waals surface area contributed by atoms with E-state index in [1.54, 1.807) is 30.3 Å². The van der Waals surface area contributed by atoms with Gasteiger partial charge in [-0.2, -0.15) is 0 Å². The van der Waals surface area contributed by atoms with Gasteiger partial charge in [0.05, 0.1) is 4.90 Å². The zero-order valence-electron chi connectivity index (χ0n) is 19.9. The number of nitrogens with zero attached hydrogens (tertiary/aromatic N) is 2. The molecule has 2 fully saturated rings. The number of benzene rings is 2. The Kier molecular flexibility index (Phi) is 7.15. The fourth-order valence-corrected chi connectivity index (χ4v) is 6.24. The van der Waals surface area contributed by atoms with E-state index in [4.69, 9.17) is 9.47 Å². The van der Waals surface area contributed by atoms with Gasteiger partial charge in [0.1, 0.15) is 13.2 Å². The lowest BCUT2D eigenvalue weighted by Gasteiger charge is -2.37. The minimum Gasteiger partial charge on any atom is -0.486 e. The monoisotopic (exact) mass is 499 g/mol. The highest BCUT2D eigenvalue weighted by atomic mass is 32.2. The molecule has 2 heterocycles. The zero-order valence-corrected chi connectivity index (χ0v) is 20.8. The number of anilines is 1. The predicted molar refractivity (Wildman–Crippen MR) is 134 cm³/mol. The number of amides is 1. The number of sulfonamides is 1. The van der Waals surface area contributed by atoms with Gasteiger partial charge in [-0.25, -0.2) is 8.42 Å². The number of hydrogen-bond donors (Lipinski definition) is 1. The summed E-state index contributed by atoms with van der Waals surface area (Å²) >= 11 is 0. The molecule has 1 aliphatic carbocycles. The van der Waals surface area contributed by atoms with Gasteiger partial charge in [0.25, 0.3) is 15.9 Å². The lowest BCUT2D eigenvalue weighted by atomic mass is 9.89. The molecule has 0 aromatic heterocycles. The molecule has 35 heavy (non-hydrogen) atoms. The van der Waals surface area contributed by atoms with Crippen molar-refractivity contribution in [2.24, 2.45) is 5.92 Å². The van der Waals surface area contributed by atoms with Gasteiger partial charge < -0.3 is 14.4 Å². The summed E-state index contributed by atoms with van der Waals surface area (Å²) in [4.78, 5) is 17.6. The van der Waals surface area contributed by atoms with Crippen molar-refractivity contribution in [2.45, 2.75) is 37.0 Å². The van der Waals surface area contributed by atoms with Gasteiger partial charge in [0.2, 0.25) is 0 Å². The smallest absolute Gasteiger partial charge is 0.262 e. The molecule has 2 aromatic rings. The lowest BCUT2D eigenvalue weighted by molar-refractivity contribution is 0.0606. The van der Waals surface area contributed by atoms with Crippen LogP contribution in [-0.4, -0.2) is 70.1 Å². The second-order valence-corrected chi connectivity index (χ2v) is 11.3. The molecule has 5 rings (SSSR count). The first-order chi connectivity index (χ1) is 17.0. The van der Waals surface area contributed by atoms with Crippen LogP contribution in [0.2, 0.25) is 0 Å². The van der Waals surface area contributed by atoms with Crippen molar-refractivity contribution in [3.05, 3.63) is 48.0 Å². The number of carbonyl (C=O) groups excluding carboxylic acids is 1. The van der Waals surface area contributed by atoms with E-state index in [9.17, 15) is 13.2 Å². The second-order valence-electron chi connectivity index (χ2n) is 9.59. The standard InChI is InChI=1S/C26H33N3O5S/c30-26(29-13-11-28(12-14-29)19-20-5-2-1-3-6-20)21-7-4-8-22(17-21)27-35(31,32)23-9-10-24-25(18-23)34-16-15-33-24/h4,7-10,17-18,20,27H,1-3,5-6,11-16,19H2. The summed E-state index contributed by atoms with van der Waals surface area (Å²) < 4.78 is 39.5. The van der Waals surface area contributed by atoms with Gasteiger partial charge in [0.15, 0.2) is 11.5 Å². The highest BCUT2D eigenvalue weighted by Gasteiger charge is 2.25. The topological polar surface area (TPSA) is 88.2 Å². The zero-order chi connectivity index (χ0) is 24.3. The molecule has 3 aliphatic rings. The van der Waals surface area contributed by atoms with Gasteiger partial charge >= 0.3 is 0 Å². The lowest BCUT2D eigenvalue weighted by Crippen LogP contribution is -2.49. The van der Waals surface area contributed by atoms with Gasteiger partial charge in [-0.15, -0.1) is 0 Å². The number of nitrogens with one attached hydrogen (secondary N) is 1. The first-order valence-electron chi connectivity index (χ1n) is 12.5. The summed E-state index contributed by atoms with van der Waals surface area (Å²) in [5.74, 6) is 1.67. The molecule has 9 heteroatoms. The summed E-state index contributed by atoms with van der Waals surface area (Å²) in [5.41, 5.74) is 0.828. The molecule has 2 aromatic carbocycles. The van der Waals surface area contributed by atoms with Crippen LogP contribution in [0.25, 0.3) is 0 Å². The van der Waals surface area contributed by atoms with E-state index >= 15 is 0 Å². The Hall–Kier alpha value is -2.78. The van der Waals surface area contributed by atoms with Crippen LogP contribution in [-0.2, 0) is 10.0 Å². The molecule has 188 valence electrons. The van der Waals surface area contributed by atoms with Crippen molar-refractivity contribution < 1.29 is 22.7 Å². The Morgan fingerprint density at radius 3 is 2.43 bits per heavy atom. The highest BCUT2D eigenvalue weighted by Crippen LogP contribution is 2.33. The highest BCUT2D eigenvalue weighted by molar-refractivity contribution is 7.92. The van der Waals surface area contributed by atoms with Gasteiger partial charge in [-0.1, -0.05) is 25.3 Å². The average molecular weight is 500 g/mol. The van der Waals surface area contributed by atoms with E-state index in [1.165, 1.54) is 44.2 Å². The fraction of sp³-hybridized carbons (Fsp3) is 0.500. The number of ether oxygens (including phenoxy) is 2. The van der Waals surface area contributed by atoms with E-state index in [2.05, 4.69) is 9.62 Å². The van der Waals surface area contributed by atoms with Crippen LogP contribution in [0.1, 0.15) is 42.5 Å². The van der Waals surface area contributed by atoms with Crippen LogP contribution < -0.4 is 14.2 Å². The van der Waals surface area contributed by atoms with Crippen LogP contribution in [0.3, 0.4) is 0 Å². The molecule has 0 bridgehead atoms. The van der Waals surface area contributed by atoms with Gasteiger partial charge in [-0.3, -0.25) is 14.4 Å². The molecular weight excluding hydrogens is 466 g/mol. The second kappa shape index (κ2) is 10.5. The largest absolute Gasteiger partial charge is 0.486 e. The number of hydrogen-bond acceptors (Lipinski definition) is 6. The molecule has 1 saturated heterocycles. The molecule has 1 saturated carbocycles. The van der Waals surface area contributed by atoms with Crippen LogP contribution in [0.5, 0.6) is 11.5 Å². The summed E-state index contributed by atoms with van der Waals surface area (Å²) in [6, 6.07) is 11.2. The Morgan fingerprint density at radius 2 is 1.66 bits per heavy atom. The predicted octanol–water partition coefficient (Wildman–Crippen LogP) is 3.60. The van der Waals surface area contributed by atoms with E-state index in [0.717, 1.165) is 25.6 Å². The maximum absolute atomic E-state index is 13.1. The third-order valence-corrected chi connectivity index (χ3v) is 8.47.